The molecule has 1 unspecified atom stereocenters. The first-order valence-corrected chi connectivity index (χ1v) is 8.01. The average Bonchev–Trinajstić information content (AvgIpc) is 2.95. The number of aromatic nitrogens is 4. The van der Waals surface area contributed by atoms with Crippen LogP contribution in [-0.4, -0.2) is 54.1 Å². The first-order valence-electron chi connectivity index (χ1n) is 8.01. The van der Waals surface area contributed by atoms with E-state index in [1.807, 2.05) is 0 Å². The number of aromatic hydroxyl groups is 1. The van der Waals surface area contributed by atoms with Crippen LogP contribution in [0.2, 0.25) is 0 Å². The van der Waals surface area contributed by atoms with E-state index in [1.165, 1.54) is 6.07 Å². The van der Waals surface area contributed by atoms with Crippen LogP contribution < -0.4 is 5.32 Å². The molecule has 1 amide bonds. The first-order chi connectivity index (χ1) is 12.5. The van der Waals surface area contributed by atoms with Crippen LogP contribution in [0.25, 0.3) is 11.4 Å². The topological polar surface area (TPSA) is 139 Å². The molecule has 146 valence electrons. The maximum absolute atomic E-state index is 13.4. The molecular weight excluding hydrogens is 361 g/mol. The molecule has 0 radical (unpaired) electrons. The van der Waals surface area contributed by atoms with E-state index >= 15 is 0 Å². The van der Waals surface area contributed by atoms with Crippen molar-refractivity contribution in [2.75, 3.05) is 0 Å². The molecule has 1 heterocycles. The van der Waals surface area contributed by atoms with Gasteiger partial charge in [-0.2, -0.15) is 4.80 Å². The van der Waals surface area contributed by atoms with E-state index < -0.39 is 35.3 Å². The SMILES string of the molecule is CC(C)(C)OC(=O)NC(CC(=O)O)Cn1nnc(-c2ccc(O)c(F)c2)n1. The number of nitrogens with one attached hydrogen (secondary N) is 1. The molecule has 3 N–H and O–H groups in total. The Morgan fingerprint density at radius 1 is 1.37 bits per heavy atom. The number of carboxylic acids is 1. The van der Waals surface area contributed by atoms with Gasteiger partial charge in [-0.1, -0.05) is 0 Å². The van der Waals surface area contributed by atoms with Crippen molar-refractivity contribution < 1.29 is 28.9 Å². The molecular formula is C16H20FN5O5. The molecule has 0 aliphatic carbocycles. The van der Waals surface area contributed by atoms with Crippen molar-refractivity contribution in [3.8, 4) is 17.1 Å². The number of rotatable bonds is 6. The fraction of sp³-hybridized carbons (Fsp3) is 0.438. The number of hydrogen-bond donors (Lipinski definition) is 3. The third kappa shape index (κ3) is 6.20. The van der Waals surface area contributed by atoms with Crippen molar-refractivity contribution in [2.45, 2.75) is 45.4 Å². The summed E-state index contributed by atoms with van der Waals surface area (Å²) >= 11 is 0. The zero-order valence-corrected chi connectivity index (χ0v) is 15.0. The van der Waals surface area contributed by atoms with Crippen LogP contribution >= 0.6 is 0 Å². The number of carbonyl (C=O) groups is 2. The van der Waals surface area contributed by atoms with Gasteiger partial charge in [0.15, 0.2) is 11.6 Å². The number of tetrazole rings is 1. The van der Waals surface area contributed by atoms with Crippen molar-refractivity contribution in [1.29, 1.82) is 0 Å². The predicted octanol–water partition coefficient (Wildman–Crippen LogP) is 1.55. The van der Waals surface area contributed by atoms with E-state index in [4.69, 9.17) is 9.84 Å². The maximum atomic E-state index is 13.4. The van der Waals surface area contributed by atoms with Gasteiger partial charge in [0.05, 0.1) is 19.0 Å². The van der Waals surface area contributed by atoms with Crippen LogP contribution in [0.4, 0.5) is 9.18 Å². The predicted molar refractivity (Wildman–Crippen MR) is 90.3 cm³/mol. The summed E-state index contributed by atoms with van der Waals surface area (Å²) in [5.41, 5.74) is -0.453. The van der Waals surface area contributed by atoms with Crippen molar-refractivity contribution in [3.05, 3.63) is 24.0 Å². The van der Waals surface area contributed by atoms with Crippen LogP contribution in [0, 0.1) is 5.82 Å². The van der Waals surface area contributed by atoms with Gasteiger partial charge < -0.3 is 20.3 Å². The quantitative estimate of drug-likeness (QED) is 0.685. The second-order valence-corrected chi connectivity index (χ2v) is 6.78. The monoisotopic (exact) mass is 381 g/mol. The molecule has 10 nitrogen and oxygen atoms in total. The maximum Gasteiger partial charge on any atom is 0.407 e. The molecule has 11 heteroatoms. The third-order valence-corrected chi connectivity index (χ3v) is 3.18. The summed E-state index contributed by atoms with van der Waals surface area (Å²) in [6.07, 6.45) is -1.15. The van der Waals surface area contributed by atoms with E-state index in [-0.39, 0.29) is 24.4 Å². The Morgan fingerprint density at radius 3 is 2.67 bits per heavy atom. The number of hydrogen-bond acceptors (Lipinski definition) is 7. The molecule has 0 aliphatic rings. The lowest BCUT2D eigenvalue weighted by atomic mass is 10.2. The number of aliphatic carboxylic acids is 1. The number of halogens is 1. The van der Waals surface area contributed by atoms with Crippen molar-refractivity contribution in [2.24, 2.45) is 0 Å². The minimum Gasteiger partial charge on any atom is -0.505 e. The van der Waals surface area contributed by atoms with E-state index in [1.54, 1.807) is 20.8 Å². The van der Waals surface area contributed by atoms with Gasteiger partial charge in [0.2, 0.25) is 5.82 Å². The summed E-state index contributed by atoms with van der Waals surface area (Å²) in [5, 5.41) is 32.3. The Hall–Kier alpha value is -3.24. The number of benzene rings is 1. The lowest BCUT2D eigenvalue weighted by Crippen LogP contribution is -2.42. The molecule has 0 fully saturated rings. The highest BCUT2D eigenvalue weighted by Crippen LogP contribution is 2.21. The van der Waals surface area contributed by atoms with Gasteiger partial charge >= 0.3 is 12.1 Å². The van der Waals surface area contributed by atoms with Gasteiger partial charge in [0, 0.05) is 5.56 Å². The minimum absolute atomic E-state index is 0.0836. The normalized spacial score (nSPS) is 12.4. The third-order valence-electron chi connectivity index (χ3n) is 3.18. The van der Waals surface area contributed by atoms with Crippen LogP contribution in [0.15, 0.2) is 18.2 Å². The highest BCUT2D eigenvalue weighted by molar-refractivity contribution is 5.71. The van der Waals surface area contributed by atoms with Crippen molar-refractivity contribution in [1.82, 2.24) is 25.5 Å². The lowest BCUT2D eigenvalue weighted by molar-refractivity contribution is -0.137. The van der Waals surface area contributed by atoms with Gasteiger partial charge in [-0.25, -0.2) is 9.18 Å². The zero-order valence-electron chi connectivity index (χ0n) is 15.0. The number of nitrogens with zero attached hydrogens (tertiary/aromatic N) is 4. The number of phenols is 1. The Morgan fingerprint density at radius 2 is 2.07 bits per heavy atom. The summed E-state index contributed by atoms with van der Waals surface area (Å²) in [6, 6.07) is 2.76. The van der Waals surface area contributed by atoms with Crippen LogP contribution in [0.3, 0.4) is 0 Å². The molecule has 1 aromatic carbocycles. The van der Waals surface area contributed by atoms with E-state index in [2.05, 4.69) is 20.7 Å². The van der Waals surface area contributed by atoms with E-state index in [9.17, 15) is 19.1 Å². The molecule has 0 aliphatic heterocycles. The Balaban J connectivity index is 2.11. The Labute approximate surface area is 153 Å². The standard InChI is InChI=1S/C16H20FN5O5/c1-16(2,3)27-15(26)18-10(7-13(24)25)8-22-20-14(19-21-22)9-4-5-12(23)11(17)6-9/h4-6,10,23H,7-8H2,1-3H3,(H,18,26)(H,24,25). The molecule has 0 bridgehead atoms. The second kappa shape index (κ2) is 7.98. The molecule has 0 spiro atoms. The number of phenolic OH excluding ortho intramolecular Hbond substituents is 1. The minimum atomic E-state index is -1.13. The number of carboxylic acid groups (broad SMARTS) is 1. The van der Waals surface area contributed by atoms with E-state index in [0.29, 0.717) is 0 Å². The number of alkyl carbamates (subject to hydrolysis) is 1. The van der Waals surface area contributed by atoms with Gasteiger partial charge in [-0.05, 0) is 44.2 Å². The van der Waals surface area contributed by atoms with Gasteiger partial charge in [0.25, 0.3) is 0 Å². The molecule has 27 heavy (non-hydrogen) atoms. The van der Waals surface area contributed by atoms with Gasteiger partial charge in [-0.3, -0.25) is 4.79 Å². The Kier molecular flexibility index (Phi) is 5.93. The van der Waals surface area contributed by atoms with Gasteiger partial charge in [0.1, 0.15) is 5.60 Å². The van der Waals surface area contributed by atoms with E-state index in [0.717, 1.165) is 16.9 Å². The molecule has 2 rings (SSSR count). The molecule has 0 saturated heterocycles. The lowest BCUT2D eigenvalue weighted by Gasteiger charge is -2.22. The summed E-state index contributed by atoms with van der Waals surface area (Å²) in [4.78, 5) is 24.0. The molecule has 0 saturated carbocycles. The highest BCUT2D eigenvalue weighted by atomic mass is 19.1. The summed E-state index contributed by atoms with van der Waals surface area (Å²) in [7, 11) is 0. The fourth-order valence-corrected chi connectivity index (χ4v) is 2.13. The molecule has 1 atom stereocenters. The average molecular weight is 381 g/mol. The molecule has 2 aromatic rings. The van der Waals surface area contributed by atoms with Crippen molar-refractivity contribution >= 4 is 12.1 Å². The fourth-order valence-electron chi connectivity index (χ4n) is 2.13. The number of amides is 1. The highest BCUT2D eigenvalue weighted by Gasteiger charge is 2.22. The van der Waals surface area contributed by atoms with Crippen LogP contribution in [0.1, 0.15) is 27.2 Å². The van der Waals surface area contributed by atoms with Crippen LogP contribution in [-0.2, 0) is 16.1 Å². The first kappa shape index (κ1) is 20.1. The summed E-state index contributed by atoms with van der Waals surface area (Å²) < 4.78 is 18.6. The zero-order chi connectivity index (χ0) is 20.2. The largest absolute Gasteiger partial charge is 0.505 e. The Bertz CT molecular complexity index is 833. The summed E-state index contributed by atoms with van der Waals surface area (Å²) in [5.74, 6) is -2.38. The number of carbonyl (C=O) groups excluding carboxylic acids is 1. The number of ether oxygens (including phenoxy) is 1. The molecule has 1 aromatic heterocycles. The smallest absolute Gasteiger partial charge is 0.407 e. The van der Waals surface area contributed by atoms with Crippen molar-refractivity contribution in [3.63, 3.8) is 0 Å². The second-order valence-electron chi connectivity index (χ2n) is 6.78. The van der Waals surface area contributed by atoms with Gasteiger partial charge in [-0.15, -0.1) is 10.2 Å². The van der Waals surface area contributed by atoms with Crippen LogP contribution in [0.5, 0.6) is 5.75 Å². The summed E-state index contributed by atoms with van der Waals surface area (Å²) in [6.45, 7) is 4.96.